The molecule has 0 bridgehead atoms. The molecule has 0 aromatic rings. The fourth-order valence-electron chi connectivity index (χ4n) is 8.85. The molecule has 4 rings (SSSR count). The van der Waals surface area contributed by atoms with E-state index in [1.807, 2.05) is 6.08 Å². The zero-order chi connectivity index (χ0) is 22.6. The molecule has 3 nitrogen and oxygen atoms in total. The molecule has 4 aliphatic rings. The highest BCUT2D eigenvalue weighted by molar-refractivity contribution is 5.95. The van der Waals surface area contributed by atoms with E-state index in [1.54, 1.807) is 0 Å². The van der Waals surface area contributed by atoms with Gasteiger partial charge in [-0.15, -0.1) is 0 Å². The van der Waals surface area contributed by atoms with E-state index in [0.717, 1.165) is 25.7 Å². The largest absolute Gasteiger partial charge is 0.396 e. The highest BCUT2D eigenvalue weighted by atomic mass is 16.3. The summed E-state index contributed by atoms with van der Waals surface area (Å²) in [7, 11) is 0. The smallest absolute Gasteiger partial charge is 0.159 e. The molecule has 0 amide bonds. The zero-order valence-electron chi connectivity index (χ0n) is 20.6. The molecule has 0 aromatic carbocycles. The third-order valence-corrected chi connectivity index (χ3v) is 11.1. The molecule has 3 saturated carbocycles. The van der Waals surface area contributed by atoms with Crippen LogP contribution in [-0.4, -0.2) is 28.7 Å². The fraction of sp³-hybridized carbons (Fsp3) is 0.893. The van der Waals surface area contributed by atoms with E-state index in [0.29, 0.717) is 42.5 Å². The number of rotatable bonds is 6. The van der Waals surface area contributed by atoms with E-state index >= 15 is 0 Å². The summed E-state index contributed by atoms with van der Waals surface area (Å²) in [6.07, 6.45) is 12.7. The maximum Gasteiger partial charge on any atom is 0.159 e. The minimum absolute atomic E-state index is 0.0887. The van der Waals surface area contributed by atoms with Crippen LogP contribution in [0.25, 0.3) is 0 Å². The summed E-state index contributed by atoms with van der Waals surface area (Å²) in [5.74, 6) is 2.75. The first-order valence-corrected chi connectivity index (χ1v) is 13.1. The molecular formula is C28H46O3. The second kappa shape index (κ2) is 8.28. The van der Waals surface area contributed by atoms with Gasteiger partial charge in [-0.2, -0.15) is 0 Å². The molecule has 0 spiro atoms. The molecule has 176 valence electrons. The second-order valence-electron chi connectivity index (χ2n) is 12.7. The lowest BCUT2D eigenvalue weighted by Gasteiger charge is -2.62. The minimum Gasteiger partial charge on any atom is -0.396 e. The van der Waals surface area contributed by atoms with Gasteiger partial charge in [-0.25, -0.2) is 0 Å². The number of aliphatic hydroxyl groups excluding tert-OH is 2. The van der Waals surface area contributed by atoms with E-state index in [4.69, 9.17) is 0 Å². The molecule has 4 aliphatic carbocycles. The first-order chi connectivity index (χ1) is 14.6. The van der Waals surface area contributed by atoms with Gasteiger partial charge in [0.2, 0.25) is 0 Å². The summed E-state index contributed by atoms with van der Waals surface area (Å²) < 4.78 is 0. The van der Waals surface area contributed by atoms with Crippen molar-refractivity contribution in [1.29, 1.82) is 0 Å². The van der Waals surface area contributed by atoms with Gasteiger partial charge in [0.05, 0.1) is 6.10 Å². The highest BCUT2D eigenvalue weighted by Gasteiger charge is 2.66. The van der Waals surface area contributed by atoms with Crippen LogP contribution < -0.4 is 0 Å². The van der Waals surface area contributed by atoms with Crippen LogP contribution in [0.1, 0.15) is 98.8 Å². The zero-order valence-corrected chi connectivity index (χ0v) is 20.6. The van der Waals surface area contributed by atoms with Crippen LogP contribution in [0, 0.1) is 45.8 Å². The van der Waals surface area contributed by atoms with Gasteiger partial charge in [-0.05, 0) is 97.4 Å². The summed E-state index contributed by atoms with van der Waals surface area (Å²) in [6.45, 7) is 12.3. The Balaban J connectivity index is 1.57. The number of fused-ring (bicyclic) bond motifs is 5. The molecule has 0 unspecified atom stereocenters. The monoisotopic (exact) mass is 430 g/mol. The van der Waals surface area contributed by atoms with E-state index in [-0.39, 0.29) is 28.3 Å². The molecule has 0 aliphatic heterocycles. The number of carbonyl (C=O) groups excluding carboxylic acids is 1. The number of ketones is 1. The molecule has 0 radical (unpaired) electrons. The van der Waals surface area contributed by atoms with Gasteiger partial charge < -0.3 is 10.2 Å². The van der Waals surface area contributed by atoms with Crippen molar-refractivity contribution >= 4 is 5.78 Å². The fourth-order valence-corrected chi connectivity index (χ4v) is 8.85. The van der Waals surface area contributed by atoms with Crippen molar-refractivity contribution in [3.63, 3.8) is 0 Å². The van der Waals surface area contributed by atoms with Crippen molar-refractivity contribution in [3.05, 3.63) is 11.6 Å². The van der Waals surface area contributed by atoms with Crippen LogP contribution in [0.15, 0.2) is 11.6 Å². The normalized spacial score (nSPS) is 46.5. The average molecular weight is 431 g/mol. The predicted octanol–water partition coefficient (Wildman–Crippen LogP) is 5.93. The molecular weight excluding hydrogens is 384 g/mol. The van der Waals surface area contributed by atoms with Crippen LogP contribution in [0.4, 0.5) is 0 Å². The van der Waals surface area contributed by atoms with Crippen LogP contribution in [0.5, 0.6) is 0 Å². The maximum atomic E-state index is 13.6. The average Bonchev–Trinajstić information content (AvgIpc) is 3.00. The number of hydrogen-bond acceptors (Lipinski definition) is 3. The SMILES string of the molecule is C[C@@H](CO)CCC[C@@H](C)[C@H]1CC[C@@]2(C)[C@@H]3C(=O)C=C4C[C@@H](O)CC[C@]4(C)[C@H]3CC[C@]12C. The van der Waals surface area contributed by atoms with Gasteiger partial charge >= 0.3 is 0 Å². The van der Waals surface area contributed by atoms with Gasteiger partial charge in [0.25, 0.3) is 0 Å². The van der Waals surface area contributed by atoms with Gasteiger partial charge in [0.15, 0.2) is 5.78 Å². The Hall–Kier alpha value is -0.670. The lowest BCUT2D eigenvalue weighted by atomic mass is 9.42. The van der Waals surface area contributed by atoms with E-state index in [2.05, 4.69) is 34.6 Å². The third kappa shape index (κ3) is 3.57. The van der Waals surface area contributed by atoms with Crippen LogP contribution in [0.2, 0.25) is 0 Å². The Morgan fingerprint density at radius 3 is 2.45 bits per heavy atom. The summed E-state index contributed by atoms with van der Waals surface area (Å²) in [5.41, 5.74) is 1.67. The molecule has 0 heterocycles. The molecule has 3 fully saturated rings. The van der Waals surface area contributed by atoms with Gasteiger partial charge in [0.1, 0.15) is 0 Å². The van der Waals surface area contributed by atoms with Gasteiger partial charge in [-0.1, -0.05) is 53.0 Å². The van der Waals surface area contributed by atoms with Crippen LogP contribution in [0.3, 0.4) is 0 Å². The number of hydrogen-bond donors (Lipinski definition) is 2. The Labute approximate surface area is 190 Å². The molecule has 2 N–H and O–H groups in total. The standard InChI is InChI=1S/C28H46O3/c1-18(17-29)7-6-8-19(2)22-10-14-28(5)25-23(11-13-27(22,28)4)26(3)12-9-21(30)15-20(26)16-24(25)31/h16,18-19,21-23,25,29-30H,6-15,17H2,1-5H3/t18-,19-,21+,22-,23+,25+,26+,27-,28+/m1/s1. The van der Waals surface area contributed by atoms with Crippen LogP contribution >= 0.6 is 0 Å². The number of carbonyl (C=O) groups is 1. The van der Waals surface area contributed by atoms with Crippen molar-refractivity contribution in [2.45, 2.75) is 105 Å². The quantitative estimate of drug-likeness (QED) is 0.549. The minimum atomic E-state index is -0.265. The van der Waals surface area contributed by atoms with Crippen molar-refractivity contribution < 1.29 is 15.0 Å². The summed E-state index contributed by atoms with van der Waals surface area (Å²) in [6, 6.07) is 0. The Kier molecular flexibility index (Phi) is 6.27. The lowest BCUT2D eigenvalue weighted by Crippen LogP contribution is -2.58. The van der Waals surface area contributed by atoms with Crippen LogP contribution in [-0.2, 0) is 4.79 Å². The summed E-state index contributed by atoms with van der Waals surface area (Å²) >= 11 is 0. The second-order valence-corrected chi connectivity index (χ2v) is 12.7. The number of aliphatic hydroxyl groups is 2. The Bertz CT molecular complexity index is 728. The molecule has 31 heavy (non-hydrogen) atoms. The molecule has 0 aromatic heterocycles. The first kappa shape index (κ1) is 23.5. The van der Waals surface area contributed by atoms with E-state index in [1.165, 1.54) is 37.7 Å². The predicted molar refractivity (Wildman–Crippen MR) is 125 cm³/mol. The highest BCUT2D eigenvalue weighted by Crippen LogP contribution is 2.72. The lowest BCUT2D eigenvalue weighted by molar-refractivity contribution is -0.150. The number of allylic oxidation sites excluding steroid dienone is 1. The van der Waals surface area contributed by atoms with Crippen molar-refractivity contribution in [3.8, 4) is 0 Å². The van der Waals surface area contributed by atoms with Crippen molar-refractivity contribution in [2.75, 3.05) is 6.61 Å². The molecule has 3 heteroatoms. The topological polar surface area (TPSA) is 57.5 Å². The van der Waals surface area contributed by atoms with Crippen molar-refractivity contribution in [1.82, 2.24) is 0 Å². The van der Waals surface area contributed by atoms with E-state index in [9.17, 15) is 15.0 Å². The summed E-state index contributed by atoms with van der Waals surface area (Å²) in [5, 5.41) is 19.6. The summed E-state index contributed by atoms with van der Waals surface area (Å²) in [4.78, 5) is 13.6. The first-order valence-electron chi connectivity index (χ1n) is 13.1. The maximum absolute atomic E-state index is 13.6. The van der Waals surface area contributed by atoms with Crippen molar-refractivity contribution in [2.24, 2.45) is 45.8 Å². The van der Waals surface area contributed by atoms with E-state index < -0.39 is 0 Å². The molecule has 0 saturated heterocycles. The van der Waals surface area contributed by atoms with Gasteiger partial charge in [-0.3, -0.25) is 4.79 Å². The Morgan fingerprint density at radius 2 is 1.74 bits per heavy atom. The Morgan fingerprint density at radius 1 is 1.03 bits per heavy atom. The molecule has 9 atom stereocenters. The third-order valence-electron chi connectivity index (χ3n) is 11.1. The van der Waals surface area contributed by atoms with Gasteiger partial charge in [0, 0.05) is 12.5 Å².